The molecule has 0 bridgehead atoms. The Labute approximate surface area is 61.8 Å². The summed E-state index contributed by atoms with van der Waals surface area (Å²) in [6.45, 7) is 5.62. The van der Waals surface area contributed by atoms with Gasteiger partial charge in [-0.25, -0.2) is 0 Å². The minimum Gasteiger partial charge on any atom is -0.346 e. The largest absolute Gasteiger partial charge is 0.346 e. The second-order valence-electron chi connectivity index (χ2n) is 2.43. The summed E-state index contributed by atoms with van der Waals surface area (Å²) in [5, 5.41) is 0. The average molecular weight is 142 g/mol. The molecule has 1 saturated heterocycles. The zero-order chi connectivity index (χ0) is 7.40. The van der Waals surface area contributed by atoms with Crippen molar-refractivity contribution in [3.8, 4) is 0 Å². The molecule has 1 rings (SSSR count). The van der Waals surface area contributed by atoms with Crippen LogP contribution in [0.4, 0.5) is 0 Å². The summed E-state index contributed by atoms with van der Waals surface area (Å²) in [5.41, 5.74) is 1.19. The minimum atomic E-state index is -0.0556. The van der Waals surface area contributed by atoms with Gasteiger partial charge in [0.05, 0.1) is 13.2 Å². The molecule has 58 valence electrons. The number of hydrogen-bond acceptors (Lipinski definition) is 2. The highest BCUT2D eigenvalue weighted by Crippen LogP contribution is 2.13. The van der Waals surface area contributed by atoms with E-state index in [9.17, 15) is 0 Å². The molecule has 1 aliphatic rings. The van der Waals surface area contributed by atoms with Gasteiger partial charge in [0.15, 0.2) is 6.29 Å². The van der Waals surface area contributed by atoms with E-state index in [0.29, 0.717) is 0 Å². The molecule has 2 nitrogen and oxygen atoms in total. The van der Waals surface area contributed by atoms with Crippen LogP contribution in [0.3, 0.4) is 0 Å². The van der Waals surface area contributed by atoms with Crippen LogP contribution in [0.5, 0.6) is 0 Å². The van der Waals surface area contributed by atoms with E-state index < -0.39 is 0 Å². The first-order chi connectivity index (χ1) is 4.84. The smallest absolute Gasteiger partial charge is 0.179 e. The summed E-state index contributed by atoms with van der Waals surface area (Å²) < 4.78 is 10.6. The van der Waals surface area contributed by atoms with Crippen LogP contribution in [0.1, 0.15) is 20.3 Å². The van der Waals surface area contributed by atoms with Crippen LogP contribution in [0.2, 0.25) is 0 Å². The van der Waals surface area contributed by atoms with Gasteiger partial charge < -0.3 is 9.47 Å². The van der Waals surface area contributed by atoms with Crippen molar-refractivity contribution < 1.29 is 9.47 Å². The molecular weight excluding hydrogens is 128 g/mol. The molecule has 10 heavy (non-hydrogen) atoms. The summed E-state index contributed by atoms with van der Waals surface area (Å²) in [5.74, 6) is 0. The molecule has 0 amide bonds. The van der Waals surface area contributed by atoms with Gasteiger partial charge in [0.2, 0.25) is 0 Å². The van der Waals surface area contributed by atoms with Crippen LogP contribution in [0.15, 0.2) is 11.6 Å². The molecule has 1 heterocycles. The van der Waals surface area contributed by atoms with E-state index in [2.05, 4.69) is 13.0 Å². The first kappa shape index (κ1) is 7.76. The van der Waals surface area contributed by atoms with Gasteiger partial charge in [0.25, 0.3) is 0 Å². The van der Waals surface area contributed by atoms with Crippen LogP contribution < -0.4 is 0 Å². The van der Waals surface area contributed by atoms with Gasteiger partial charge in [-0.3, -0.25) is 0 Å². The molecule has 0 N–H and O–H groups in total. The van der Waals surface area contributed by atoms with Gasteiger partial charge in [-0.05, 0) is 18.9 Å². The predicted octanol–water partition coefficient (Wildman–Crippen LogP) is 1.72. The van der Waals surface area contributed by atoms with Crippen molar-refractivity contribution in [3.63, 3.8) is 0 Å². The van der Waals surface area contributed by atoms with E-state index in [0.717, 1.165) is 19.6 Å². The highest BCUT2D eigenvalue weighted by molar-refractivity contribution is 5.01. The molecule has 0 aliphatic carbocycles. The first-order valence-corrected chi connectivity index (χ1v) is 3.74. The lowest BCUT2D eigenvalue weighted by atomic mass is 10.2. The van der Waals surface area contributed by atoms with Gasteiger partial charge in [0.1, 0.15) is 0 Å². The quantitative estimate of drug-likeness (QED) is 0.546. The van der Waals surface area contributed by atoms with Crippen LogP contribution in [0.25, 0.3) is 0 Å². The third-order valence-corrected chi connectivity index (χ3v) is 1.52. The Balaban J connectivity index is 2.39. The number of hydrogen-bond donors (Lipinski definition) is 0. The molecule has 0 aromatic heterocycles. The van der Waals surface area contributed by atoms with E-state index in [4.69, 9.17) is 9.47 Å². The second kappa shape index (κ2) is 3.74. The van der Waals surface area contributed by atoms with Gasteiger partial charge >= 0.3 is 0 Å². The Morgan fingerprint density at radius 1 is 1.50 bits per heavy atom. The Morgan fingerprint density at radius 3 is 2.60 bits per heavy atom. The zero-order valence-corrected chi connectivity index (χ0v) is 6.59. The molecule has 0 spiro atoms. The Kier molecular flexibility index (Phi) is 2.90. The molecule has 2 heteroatoms. The number of ether oxygens (including phenoxy) is 2. The van der Waals surface area contributed by atoms with Gasteiger partial charge in [0, 0.05) is 0 Å². The molecule has 0 saturated carbocycles. The summed E-state index contributed by atoms with van der Waals surface area (Å²) in [7, 11) is 0. The molecule has 0 aromatic rings. The standard InChI is InChI=1S/C8H14O2/c1-3-4-7(2)8-9-5-6-10-8/h4,8H,3,5-6H2,1-2H3/b7-4-. The predicted molar refractivity (Wildman–Crippen MR) is 39.7 cm³/mol. The highest BCUT2D eigenvalue weighted by atomic mass is 16.7. The zero-order valence-electron chi connectivity index (χ0n) is 6.59. The maximum Gasteiger partial charge on any atom is 0.179 e. The molecule has 1 fully saturated rings. The Bertz CT molecular complexity index is 123. The van der Waals surface area contributed by atoms with E-state index in [-0.39, 0.29) is 6.29 Å². The fraction of sp³-hybridized carbons (Fsp3) is 0.750. The fourth-order valence-corrected chi connectivity index (χ4v) is 1.04. The Hall–Kier alpha value is -0.340. The molecular formula is C8H14O2. The number of rotatable bonds is 2. The minimum absolute atomic E-state index is 0.0556. The first-order valence-electron chi connectivity index (χ1n) is 3.74. The lowest BCUT2D eigenvalue weighted by Gasteiger charge is -2.07. The normalized spacial score (nSPS) is 22.0. The second-order valence-corrected chi connectivity index (χ2v) is 2.43. The molecule has 1 aliphatic heterocycles. The average Bonchev–Trinajstić information content (AvgIpc) is 2.38. The van der Waals surface area contributed by atoms with Crippen LogP contribution >= 0.6 is 0 Å². The van der Waals surface area contributed by atoms with Crippen molar-refractivity contribution in [2.75, 3.05) is 13.2 Å². The van der Waals surface area contributed by atoms with Crippen LogP contribution in [0, 0.1) is 0 Å². The number of allylic oxidation sites excluding steroid dienone is 1. The SMILES string of the molecule is CC/C=C(/C)C1OCCO1. The summed E-state index contributed by atoms with van der Waals surface area (Å²) in [6.07, 6.45) is 3.13. The van der Waals surface area contributed by atoms with Crippen molar-refractivity contribution in [3.05, 3.63) is 11.6 Å². The van der Waals surface area contributed by atoms with Crippen molar-refractivity contribution in [2.24, 2.45) is 0 Å². The lowest BCUT2D eigenvalue weighted by Crippen LogP contribution is -2.08. The van der Waals surface area contributed by atoms with Gasteiger partial charge in [-0.1, -0.05) is 13.0 Å². The van der Waals surface area contributed by atoms with E-state index >= 15 is 0 Å². The van der Waals surface area contributed by atoms with Crippen molar-refractivity contribution in [1.29, 1.82) is 0 Å². The molecule has 0 unspecified atom stereocenters. The van der Waals surface area contributed by atoms with Gasteiger partial charge in [-0.15, -0.1) is 0 Å². The third-order valence-electron chi connectivity index (χ3n) is 1.52. The van der Waals surface area contributed by atoms with E-state index in [1.165, 1.54) is 5.57 Å². The van der Waals surface area contributed by atoms with Crippen LogP contribution in [-0.4, -0.2) is 19.5 Å². The van der Waals surface area contributed by atoms with Crippen LogP contribution in [-0.2, 0) is 9.47 Å². The lowest BCUT2D eigenvalue weighted by molar-refractivity contribution is -0.0112. The highest BCUT2D eigenvalue weighted by Gasteiger charge is 2.16. The molecule has 0 aromatic carbocycles. The maximum atomic E-state index is 5.28. The van der Waals surface area contributed by atoms with Gasteiger partial charge in [-0.2, -0.15) is 0 Å². The van der Waals surface area contributed by atoms with Crippen molar-refractivity contribution >= 4 is 0 Å². The van der Waals surface area contributed by atoms with Crippen molar-refractivity contribution in [1.82, 2.24) is 0 Å². The summed E-state index contributed by atoms with van der Waals surface area (Å²) in [6, 6.07) is 0. The maximum absolute atomic E-state index is 5.28. The summed E-state index contributed by atoms with van der Waals surface area (Å²) in [4.78, 5) is 0. The summed E-state index contributed by atoms with van der Waals surface area (Å²) >= 11 is 0. The van der Waals surface area contributed by atoms with E-state index in [1.807, 2.05) is 6.92 Å². The third kappa shape index (κ3) is 1.82. The molecule has 0 radical (unpaired) electrons. The topological polar surface area (TPSA) is 18.5 Å². The Morgan fingerprint density at radius 2 is 2.10 bits per heavy atom. The van der Waals surface area contributed by atoms with Crippen molar-refractivity contribution in [2.45, 2.75) is 26.6 Å². The van der Waals surface area contributed by atoms with E-state index in [1.54, 1.807) is 0 Å². The molecule has 0 atom stereocenters. The monoisotopic (exact) mass is 142 g/mol. The fourth-order valence-electron chi connectivity index (χ4n) is 1.04.